The first-order valence-electron chi connectivity index (χ1n) is 10.6. The van der Waals surface area contributed by atoms with Gasteiger partial charge in [-0.1, -0.05) is 30.0 Å². The van der Waals surface area contributed by atoms with Gasteiger partial charge in [0.05, 0.1) is 27.6 Å². The molecule has 4 aromatic rings. The molecule has 0 aromatic heterocycles. The predicted molar refractivity (Wildman–Crippen MR) is 132 cm³/mol. The molecule has 0 saturated carbocycles. The van der Waals surface area contributed by atoms with E-state index in [1.54, 1.807) is 25.1 Å². The second kappa shape index (κ2) is 13.1. The standard InChI is InChI=1S/C24H20N4O7S2.2Na/c1-14-5-3-4-6-20(14)26-25-17-7-10-21(15(2)11-17)27-28-23-22(37(33,34)35)13-16-12-18(36(30,31)32)8-9-19(16)24(23)29;;/h3-13,29H,1-2H3,(H,30,31,32)(H,33,34,35);;/q;2*+1/p-2. The molecule has 0 amide bonds. The zero-order valence-electron chi connectivity index (χ0n) is 21.4. The zero-order valence-corrected chi connectivity index (χ0v) is 27.0. The quantitative estimate of drug-likeness (QED) is 0.180. The minimum Gasteiger partial charge on any atom is -0.871 e. The minimum atomic E-state index is -4.96. The summed E-state index contributed by atoms with van der Waals surface area (Å²) in [4.78, 5) is -1.54. The number of azo groups is 2. The van der Waals surface area contributed by atoms with Crippen LogP contribution in [0.1, 0.15) is 11.1 Å². The topological polar surface area (TPSA) is 184 Å². The normalized spacial score (nSPS) is 12.0. The maximum absolute atomic E-state index is 13.0. The number of aryl methyl sites for hydroxylation is 2. The first-order valence-corrected chi connectivity index (χ1v) is 13.4. The van der Waals surface area contributed by atoms with Gasteiger partial charge in [-0.05, 0) is 78.2 Å². The molecule has 0 unspecified atom stereocenters. The van der Waals surface area contributed by atoms with Crippen LogP contribution in [0, 0.1) is 13.8 Å². The molecule has 11 nitrogen and oxygen atoms in total. The van der Waals surface area contributed by atoms with Gasteiger partial charge in [0, 0.05) is 0 Å². The maximum atomic E-state index is 13.0. The maximum Gasteiger partial charge on any atom is 1.00 e. The molecule has 0 radical (unpaired) electrons. The first-order chi connectivity index (χ1) is 17.3. The van der Waals surface area contributed by atoms with Gasteiger partial charge >= 0.3 is 59.1 Å². The van der Waals surface area contributed by atoms with E-state index in [0.717, 1.165) is 29.8 Å². The molecule has 4 aromatic carbocycles. The van der Waals surface area contributed by atoms with E-state index in [-0.39, 0.29) is 69.9 Å². The van der Waals surface area contributed by atoms with Crippen LogP contribution in [-0.2, 0) is 20.2 Å². The van der Waals surface area contributed by atoms with Crippen LogP contribution < -0.4 is 64.2 Å². The fraction of sp³-hybridized carbons (Fsp3) is 0.0833. The number of benzene rings is 4. The average molecular weight is 585 g/mol. The Labute approximate surface area is 269 Å². The molecule has 0 spiro atoms. The molecular weight excluding hydrogens is 566 g/mol. The summed E-state index contributed by atoms with van der Waals surface area (Å²) in [6.45, 7) is 3.61. The van der Waals surface area contributed by atoms with E-state index in [2.05, 4.69) is 20.5 Å². The molecule has 15 heteroatoms. The van der Waals surface area contributed by atoms with Gasteiger partial charge in [-0.3, -0.25) is 4.55 Å². The summed E-state index contributed by atoms with van der Waals surface area (Å²) in [6, 6.07) is 16.0. The van der Waals surface area contributed by atoms with E-state index in [1.165, 1.54) is 0 Å². The second-order valence-corrected chi connectivity index (χ2v) is 10.8. The molecule has 0 aliphatic heterocycles. The van der Waals surface area contributed by atoms with Gasteiger partial charge in [0.1, 0.15) is 15.0 Å². The van der Waals surface area contributed by atoms with Crippen LogP contribution in [0.5, 0.6) is 5.75 Å². The summed E-state index contributed by atoms with van der Waals surface area (Å²) in [6.07, 6.45) is 0. The summed E-state index contributed by atoms with van der Waals surface area (Å²) in [5.41, 5.74) is 2.41. The van der Waals surface area contributed by atoms with E-state index in [0.29, 0.717) is 22.6 Å². The fourth-order valence-electron chi connectivity index (χ4n) is 3.47. The van der Waals surface area contributed by atoms with Crippen molar-refractivity contribution in [1.82, 2.24) is 0 Å². The third kappa shape index (κ3) is 7.79. The number of fused-ring (bicyclic) bond motifs is 1. The number of rotatable bonds is 6. The van der Waals surface area contributed by atoms with Crippen LogP contribution in [0.25, 0.3) is 10.8 Å². The van der Waals surface area contributed by atoms with Crippen molar-refractivity contribution in [3.8, 4) is 5.75 Å². The van der Waals surface area contributed by atoms with Crippen LogP contribution in [0.15, 0.2) is 97.0 Å². The van der Waals surface area contributed by atoms with Crippen LogP contribution in [-0.4, -0.2) is 25.9 Å². The molecule has 1 N–H and O–H groups in total. The van der Waals surface area contributed by atoms with Gasteiger partial charge in [0.25, 0.3) is 10.1 Å². The second-order valence-electron chi connectivity index (χ2n) is 8.02. The van der Waals surface area contributed by atoms with Gasteiger partial charge in [-0.25, -0.2) is 8.42 Å². The molecule has 0 bridgehead atoms. The van der Waals surface area contributed by atoms with Gasteiger partial charge in [0.2, 0.25) is 0 Å². The summed E-state index contributed by atoms with van der Waals surface area (Å²) in [7, 11) is -9.83. The Hall–Kier alpha value is -2.04. The summed E-state index contributed by atoms with van der Waals surface area (Å²) >= 11 is 0. The van der Waals surface area contributed by atoms with Crippen LogP contribution in [0.3, 0.4) is 0 Å². The molecule has 0 heterocycles. The largest absolute Gasteiger partial charge is 1.00 e. The Morgan fingerprint density at radius 3 is 2.00 bits per heavy atom. The van der Waals surface area contributed by atoms with E-state index in [1.807, 2.05) is 31.2 Å². The van der Waals surface area contributed by atoms with E-state index >= 15 is 0 Å². The molecule has 4 rings (SSSR count). The first kappa shape index (κ1) is 33.2. The third-order valence-electron chi connectivity index (χ3n) is 5.40. The Kier molecular flexibility index (Phi) is 11.1. The van der Waals surface area contributed by atoms with Gasteiger partial charge in [0.15, 0.2) is 0 Å². The SMILES string of the molecule is Cc1ccccc1N=Nc1ccc(N=Nc2c(S(=O)(=O)O)cc3cc(S(=O)(=O)[O-])ccc3c2[O-])c(C)c1.[Na+].[Na+]. The zero-order chi connectivity index (χ0) is 27.0. The van der Waals surface area contributed by atoms with E-state index < -0.39 is 41.5 Å². The average Bonchev–Trinajstić information content (AvgIpc) is 2.82. The van der Waals surface area contributed by atoms with Crippen LogP contribution in [0.2, 0.25) is 0 Å². The van der Waals surface area contributed by atoms with Crippen molar-refractivity contribution < 1.29 is 90.2 Å². The monoisotopic (exact) mass is 584 g/mol. The van der Waals surface area contributed by atoms with Crippen molar-refractivity contribution in [2.24, 2.45) is 20.5 Å². The van der Waals surface area contributed by atoms with Crippen molar-refractivity contribution in [3.63, 3.8) is 0 Å². The van der Waals surface area contributed by atoms with E-state index in [9.17, 15) is 31.0 Å². The summed E-state index contributed by atoms with van der Waals surface area (Å²) in [5.74, 6) is -0.926. The third-order valence-corrected chi connectivity index (χ3v) is 7.09. The fourth-order valence-corrected chi connectivity index (χ4v) is 4.63. The molecular formula is C24H18N4Na2O7S2. The number of nitrogens with zero attached hydrogens (tertiary/aromatic N) is 4. The molecule has 0 saturated heterocycles. The van der Waals surface area contributed by atoms with Crippen LogP contribution >= 0.6 is 0 Å². The van der Waals surface area contributed by atoms with Gasteiger partial charge in [-0.2, -0.15) is 23.8 Å². The Bertz CT molecular complexity index is 1830. The van der Waals surface area contributed by atoms with Gasteiger partial charge < -0.3 is 9.66 Å². The summed E-state index contributed by atoms with van der Waals surface area (Å²) < 4.78 is 67.5. The predicted octanol–water partition coefficient (Wildman–Crippen LogP) is -0.480. The minimum absolute atomic E-state index is 0. The smallest absolute Gasteiger partial charge is 0.871 e. The molecule has 0 atom stereocenters. The number of hydrogen-bond donors (Lipinski definition) is 1. The molecule has 0 aliphatic carbocycles. The van der Waals surface area contributed by atoms with Crippen molar-refractivity contribution in [1.29, 1.82) is 0 Å². The van der Waals surface area contributed by atoms with Crippen molar-refractivity contribution in [3.05, 3.63) is 77.9 Å². The van der Waals surface area contributed by atoms with Gasteiger partial charge in [-0.15, -0.1) is 5.11 Å². The molecule has 190 valence electrons. The Morgan fingerprint density at radius 1 is 0.744 bits per heavy atom. The van der Waals surface area contributed by atoms with Crippen molar-refractivity contribution in [2.75, 3.05) is 0 Å². The molecule has 39 heavy (non-hydrogen) atoms. The Morgan fingerprint density at radius 2 is 1.38 bits per heavy atom. The summed E-state index contributed by atoms with van der Waals surface area (Å²) in [5, 5.41) is 28.9. The van der Waals surface area contributed by atoms with Crippen molar-refractivity contribution >= 4 is 53.8 Å². The van der Waals surface area contributed by atoms with Crippen LogP contribution in [0.4, 0.5) is 22.7 Å². The van der Waals surface area contributed by atoms with Crippen molar-refractivity contribution in [2.45, 2.75) is 23.6 Å². The van der Waals surface area contributed by atoms with E-state index in [4.69, 9.17) is 0 Å². The Balaban J connectivity index is 0.00000267. The molecule has 0 fully saturated rings. The number of hydrogen-bond acceptors (Lipinski definition) is 10. The molecule has 0 aliphatic rings.